The van der Waals surface area contributed by atoms with E-state index in [1.54, 1.807) is 19.2 Å². The van der Waals surface area contributed by atoms with E-state index in [1.807, 2.05) is 42.5 Å². The summed E-state index contributed by atoms with van der Waals surface area (Å²) in [5.41, 5.74) is 1.04. The third kappa shape index (κ3) is 4.10. The summed E-state index contributed by atoms with van der Waals surface area (Å²) in [6.07, 6.45) is -0.369. The number of hydrogen-bond donors (Lipinski definition) is 0. The summed E-state index contributed by atoms with van der Waals surface area (Å²) in [5, 5.41) is 0. The van der Waals surface area contributed by atoms with Gasteiger partial charge < -0.3 is 9.64 Å². The van der Waals surface area contributed by atoms with E-state index in [-0.39, 0.29) is 6.09 Å². The highest BCUT2D eigenvalue weighted by Gasteiger charge is 2.11. The van der Waals surface area contributed by atoms with Crippen LogP contribution in [-0.4, -0.2) is 18.0 Å². The van der Waals surface area contributed by atoms with E-state index in [1.165, 1.54) is 4.90 Å². The van der Waals surface area contributed by atoms with Gasteiger partial charge in [0.25, 0.3) is 0 Å². The van der Waals surface area contributed by atoms with Crippen LogP contribution in [0.3, 0.4) is 0 Å². The molecule has 0 saturated carbocycles. The molecule has 0 bridgehead atoms. The normalized spacial score (nSPS) is 10.0. The van der Waals surface area contributed by atoms with Gasteiger partial charge in [0.05, 0.1) is 0 Å². The van der Waals surface area contributed by atoms with Gasteiger partial charge in [-0.25, -0.2) is 4.79 Å². The predicted molar refractivity (Wildman–Crippen MR) is 78.1 cm³/mol. The average molecular weight is 320 g/mol. The summed E-state index contributed by atoms with van der Waals surface area (Å²) in [7, 11) is 1.71. The zero-order valence-corrected chi connectivity index (χ0v) is 12.1. The molecule has 0 spiro atoms. The van der Waals surface area contributed by atoms with Crippen molar-refractivity contribution in [1.82, 2.24) is 4.90 Å². The van der Waals surface area contributed by atoms with Crippen molar-refractivity contribution < 1.29 is 9.53 Å². The molecule has 0 N–H and O–H groups in total. The van der Waals surface area contributed by atoms with Crippen LogP contribution in [0.1, 0.15) is 5.56 Å². The van der Waals surface area contributed by atoms with Gasteiger partial charge in [-0.2, -0.15) is 0 Å². The van der Waals surface area contributed by atoms with Crippen LogP contribution in [0, 0.1) is 0 Å². The molecule has 4 heteroatoms. The molecule has 0 atom stereocenters. The molecule has 0 unspecified atom stereocenters. The van der Waals surface area contributed by atoms with Crippen LogP contribution >= 0.6 is 15.9 Å². The maximum absolute atomic E-state index is 11.9. The van der Waals surface area contributed by atoms with Crippen LogP contribution in [-0.2, 0) is 6.54 Å². The van der Waals surface area contributed by atoms with Crippen LogP contribution in [0.4, 0.5) is 4.79 Å². The lowest BCUT2D eigenvalue weighted by molar-refractivity contribution is 0.161. The molecule has 3 nitrogen and oxygen atoms in total. The molecule has 2 aromatic rings. The molecule has 0 fully saturated rings. The molecule has 1 amide bonds. The highest BCUT2D eigenvalue weighted by molar-refractivity contribution is 9.10. The van der Waals surface area contributed by atoms with E-state index in [0.717, 1.165) is 10.0 Å². The minimum atomic E-state index is -0.369. The first-order chi connectivity index (χ1) is 9.15. The lowest BCUT2D eigenvalue weighted by Gasteiger charge is -2.17. The van der Waals surface area contributed by atoms with E-state index in [2.05, 4.69) is 15.9 Å². The number of para-hydroxylation sites is 1. The quantitative estimate of drug-likeness (QED) is 0.853. The average Bonchev–Trinajstić information content (AvgIpc) is 2.40. The van der Waals surface area contributed by atoms with Gasteiger partial charge in [-0.15, -0.1) is 0 Å². The molecule has 2 aromatic carbocycles. The van der Waals surface area contributed by atoms with E-state index >= 15 is 0 Å². The first kappa shape index (κ1) is 13.6. The molecule has 0 aliphatic heterocycles. The van der Waals surface area contributed by atoms with Crippen LogP contribution in [0.25, 0.3) is 0 Å². The maximum atomic E-state index is 11.9. The highest BCUT2D eigenvalue weighted by Crippen LogP contribution is 2.14. The van der Waals surface area contributed by atoms with Crippen LogP contribution in [0.5, 0.6) is 5.75 Å². The molecular formula is C15H14BrNO2. The standard InChI is InChI=1S/C15H14BrNO2/c1-17(11-12-6-5-7-13(16)10-12)15(18)19-14-8-3-2-4-9-14/h2-10H,11H2,1H3. The van der Waals surface area contributed by atoms with Gasteiger partial charge >= 0.3 is 6.09 Å². The monoisotopic (exact) mass is 319 g/mol. The summed E-state index contributed by atoms with van der Waals surface area (Å²) in [6.45, 7) is 0.505. The number of carbonyl (C=O) groups is 1. The Hall–Kier alpha value is -1.81. The van der Waals surface area contributed by atoms with E-state index in [4.69, 9.17) is 4.74 Å². The molecule has 0 heterocycles. The minimum absolute atomic E-state index is 0.369. The Labute approximate surface area is 120 Å². The molecule has 0 saturated heterocycles. The Kier molecular flexibility index (Phi) is 4.58. The van der Waals surface area contributed by atoms with Crippen molar-refractivity contribution in [3.63, 3.8) is 0 Å². The smallest absolute Gasteiger partial charge is 0.410 e. The number of ether oxygens (including phenoxy) is 1. The molecule has 98 valence electrons. The van der Waals surface area contributed by atoms with Gasteiger partial charge in [0.15, 0.2) is 0 Å². The third-order valence-electron chi connectivity index (χ3n) is 2.57. The fraction of sp³-hybridized carbons (Fsp3) is 0.133. The van der Waals surface area contributed by atoms with Crippen molar-refractivity contribution in [2.24, 2.45) is 0 Å². The highest BCUT2D eigenvalue weighted by atomic mass is 79.9. The molecule has 0 radical (unpaired) electrons. The summed E-state index contributed by atoms with van der Waals surface area (Å²) >= 11 is 3.41. The Bertz CT molecular complexity index is 557. The van der Waals surface area contributed by atoms with Gasteiger partial charge in [-0.1, -0.05) is 46.3 Å². The number of amides is 1. The summed E-state index contributed by atoms with van der Waals surface area (Å²) in [6, 6.07) is 16.9. The van der Waals surface area contributed by atoms with E-state index < -0.39 is 0 Å². The predicted octanol–water partition coefficient (Wildman–Crippen LogP) is 4.08. The van der Waals surface area contributed by atoms with E-state index in [0.29, 0.717) is 12.3 Å². The second-order valence-electron chi connectivity index (χ2n) is 4.17. The zero-order chi connectivity index (χ0) is 13.7. The minimum Gasteiger partial charge on any atom is -0.410 e. The molecule has 0 aromatic heterocycles. The van der Waals surface area contributed by atoms with Gasteiger partial charge in [0.1, 0.15) is 5.75 Å². The largest absolute Gasteiger partial charge is 0.415 e. The van der Waals surface area contributed by atoms with E-state index in [9.17, 15) is 4.79 Å². The van der Waals surface area contributed by atoms with Gasteiger partial charge in [-0.3, -0.25) is 0 Å². The van der Waals surface area contributed by atoms with Crippen LogP contribution < -0.4 is 4.74 Å². The molecular weight excluding hydrogens is 306 g/mol. The summed E-state index contributed by atoms with van der Waals surface area (Å²) in [4.78, 5) is 13.4. The fourth-order valence-electron chi connectivity index (χ4n) is 1.64. The Morgan fingerprint density at radius 2 is 1.89 bits per heavy atom. The molecule has 0 aliphatic rings. The lowest BCUT2D eigenvalue weighted by atomic mass is 10.2. The van der Waals surface area contributed by atoms with Crippen molar-refractivity contribution in [3.05, 3.63) is 64.6 Å². The molecule has 2 rings (SSSR count). The SMILES string of the molecule is CN(Cc1cccc(Br)c1)C(=O)Oc1ccccc1. The first-order valence-corrected chi connectivity index (χ1v) is 6.67. The third-order valence-corrected chi connectivity index (χ3v) is 3.06. The molecule has 19 heavy (non-hydrogen) atoms. The maximum Gasteiger partial charge on any atom is 0.415 e. The lowest BCUT2D eigenvalue weighted by Crippen LogP contribution is -2.29. The van der Waals surface area contributed by atoms with Gasteiger partial charge in [0.2, 0.25) is 0 Å². The molecule has 0 aliphatic carbocycles. The number of halogens is 1. The van der Waals surface area contributed by atoms with Crippen molar-refractivity contribution in [3.8, 4) is 5.75 Å². The van der Waals surface area contributed by atoms with Crippen LogP contribution in [0.15, 0.2) is 59.1 Å². The number of carbonyl (C=O) groups excluding carboxylic acids is 1. The fourth-order valence-corrected chi connectivity index (χ4v) is 2.09. The number of nitrogens with zero attached hydrogens (tertiary/aromatic N) is 1. The second-order valence-corrected chi connectivity index (χ2v) is 5.08. The number of benzene rings is 2. The Balaban J connectivity index is 1.96. The summed E-state index contributed by atoms with van der Waals surface area (Å²) < 4.78 is 6.25. The zero-order valence-electron chi connectivity index (χ0n) is 10.5. The topological polar surface area (TPSA) is 29.5 Å². The van der Waals surface area contributed by atoms with Crippen molar-refractivity contribution in [2.75, 3.05) is 7.05 Å². The van der Waals surface area contributed by atoms with Crippen molar-refractivity contribution in [1.29, 1.82) is 0 Å². The van der Waals surface area contributed by atoms with Crippen molar-refractivity contribution in [2.45, 2.75) is 6.54 Å². The summed E-state index contributed by atoms with van der Waals surface area (Å²) in [5.74, 6) is 0.550. The second kappa shape index (κ2) is 6.38. The first-order valence-electron chi connectivity index (χ1n) is 5.87. The number of hydrogen-bond acceptors (Lipinski definition) is 2. The van der Waals surface area contributed by atoms with Crippen LogP contribution in [0.2, 0.25) is 0 Å². The number of rotatable bonds is 3. The Morgan fingerprint density at radius 1 is 1.16 bits per heavy atom. The van der Waals surface area contributed by atoms with Crippen molar-refractivity contribution >= 4 is 22.0 Å². The van der Waals surface area contributed by atoms with Gasteiger partial charge in [0, 0.05) is 18.1 Å². The van der Waals surface area contributed by atoms with Gasteiger partial charge in [-0.05, 0) is 29.8 Å². The Morgan fingerprint density at radius 3 is 2.58 bits per heavy atom.